The third-order valence-corrected chi connectivity index (χ3v) is 3.66. The quantitative estimate of drug-likeness (QED) is 0.764. The van der Waals surface area contributed by atoms with E-state index in [1.165, 1.54) is 12.4 Å². The molecule has 0 saturated carbocycles. The van der Waals surface area contributed by atoms with E-state index >= 15 is 0 Å². The number of ether oxygens (including phenoxy) is 1. The van der Waals surface area contributed by atoms with Crippen LogP contribution in [0.5, 0.6) is 5.75 Å². The first kappa shape index (κ1) is 16.6. The van der Waals surface area contributed by atoms with Gasteiger partial charge < -0.3 is 15.0 Å². The molecular weight excluding hydrogens is 325 g/mol. The van der Waals surface area contributed by atoms with Gasteiger partial charge in [-0.2, -0.15) is 0 Å². The second-order valence-electron chi connectivity index (χ2n) is 5.65. The Labute approximate surface area is 142 Å². The Morgan fingerprint density at radius 1 is 1.32 bits per heavy atom. The number of aryl methyl sites for hydroxylation is 1. The van der Waals surface area contributed by atoms with Gasteiger partial charge in [0.05, 0.1) is 22.9 Å². The summed E-state index contributed by atoms with van der Waals surface area (Å²) >= 11 is 0. The van der Waals surface area contributed by atoms with Crippen molar-refractivity contribution in [2.75, 3.05) is 5.32 Å². The van der Waals surface area contributed by atoms with E-state index in [2.05, 4.69) is 15.3 Å². The van der Waals surface area contributed by atoms with Gasteiger partial charge in [0.15, 0.2) is 6.10 Å². The van der Waals surface area contributed by atoms with Crippen LogP contribution >= 0.6 is 0 Å². The monoisotopic (exact) mass is 341 g/mol. The normalized spacial score (nSPS) is 12.0. The highest BCUT2D eigenvalue weighted by Gasteiger charge is 2.17. The van der Waals surface area contributed by atoms with Crippen LogP contribution in [0.4, 0.5) is 10.1 Å². The van der Waals surface area contributed by atoms with Gasteiger partial charge in [0.25, 0.3) is 11.5 Å². The van der Waals surface area contributed by atoms with Crippen LogP contribution in [0, 0.1) is 12.7 Å². The summed E-state index contributed by atoms with van der Waals surface area (Å²) in [4.78, 5) is 30.3. The van der Waals surface area contributed by atoms with Crippen molar-refractivity contribution in [3.8, 4) is 5.75 Å². The Bertz CT molecular complexity index is 1000. The minimum atomic E-state index is -0.843. The number of carbonyl (C=O) groups excluding carboxylic acids is 1. The summed E-state index contributed by atoms with van der Waals surface area (Å²) < 4.78 is 19.7. The molecule has 1 atom stereocenters. The lowest BCUT2D eigenvalue weighted by Gasteiger charge is -2.15. The fraction of sp³-hybridized carbons (Fsp3) is 0.167. The van der Waals surface area contributed by atoms with E-state index < -0.39 is 23.4 Å². The number of nitrogens with zero attached hydrogens (tertiary/aromatic N) is 1. The number of H-pyrrole nitrogens is 1. The molecule has 0 fully saturated rings. The van der Waals surface area contributed by atoms with Crippen molar-refractivity contribution >= 4 is 22.5 Å². The fourth-order valence-corrected chi connectivity index (χ4v) is 2.37. The fourth-order valence-electron chi connectivity index (χ4n) is 2.37. The number of benzene rings is 2. The number of rotatable bonds is 4. The zero-order chi connectivity index (χ0) is 18.0. The Morgan fingerprint density at radius 2 is 2.12 bits per heavy atom. The average molecular weight is 341 g/mol. The van der Waals surface area contributed by atoms with Crippen molar-refractivity contribution in [3.05, 3.63) is 64.5 Å². The maximum Gasteiger partial charge on any atom is 0.265 e. The van der Waals surface area contributed by atoms with Gasteiger partial charge in [-0.25, -0.2) is 9.37 Å². The number of aromatic amines is 1. The second kappa shape index (κ2) is 6.72. The molecule has 25 heavy (non-hydrogen) atoms. The smallest absolute Gasteiger partial charge is 0.265 e. The summed E-state index contributed by atoms with van der Waals surface area (Å²) in [6, 6.07) is 9.62. The van der Waals surface area contributed by atoms with E-state index in [1.807, 2.05) is 19.1 Å². The molecule has 1 amide bonds. The van der Waals surface area contributed by atoms with Gasteiger partial charge in [0.1, 0.15) is 11.6 Å². The Kier molecular flexibility index (Phi) is 4.47. The zero-order valence-corrected chi connectivity index (χ0v) is 13.7. The third-order valence-electron chi connectivity index (χ3n) is 3.66. The van der Waals surface area contributed by atoms with E-state index in [0.29, 0.717) is 5.75 Å². The molecule has 7 heteroatoms. The van der Waals surface area contributed by atoms with Crippen LogP contribution in [-0.4, -0.2) is 22.0 Å². The summed E-state index contributed by atoms with van der Waals surface area (Å²) in [6.45, 7) is 3.47. The Balaban J connectivity index is 1.80. The van der Waals surface area contributed by atoms with Gasteiger partial charge in [-0.15, -0.1) is 0 Å². The number of nitrogens with one attached hydrogen (secondary N) is 2. The van der Waals surface area contributed by atoms with Crippen LogP contribution in [0.1, 0.15) is 12.5 Å². The standard InChI is InChI=1S/C18H16FN3O3/c1-10-4-3-5-12(6-10)25-11(2)17(23)22-16-7-13-15(8-14(16)19)20-9-21-18(13)24/h3-9,11H,1-2H3,(H,22,23)(H,20,21,24). The van der Waals surface area contributed by atoms with Crippen molar-refractivity contribution in [3.63, 3.8) is 0 Å². The molecule has 1 aromatic heterocycles. The summed E-state index contributed by atoms with van der Waals surface area (Å²) in [7, 11) is 0. The van der Waals surface area contributed by atoms with Crippen LogP contribution in [-0.2, 0) is 4.79 Å². The van der Waals surface area contributed by atoms with Crippen molar-refractivity contribution in [2.24, 2.45) is 0 Å². The summed E-state index contributed by atoms with van der Waals surface area (Å²) in [5.74, 6) is -0.663. The second-order valence-corrected chi connectivity index (χ2v) is 5.65. The van der Waals surface area contributed by atoms with E-state index in [4.69, 9.17) is 4.74 Å². The predicted molar refractivity (Wildman–Crippen MR) is 92.2 cm³/mol. The number of hydrogen-bond acceptors (Lipinski definition) is 4. The maximum absolute atomic E-state index is 14.1. The highest BCUT2D eigenvalue weighted by atomic mass is 19.1. The topological polar surface area (TPSA) is 84.1 Å². The highest BCUT2D eigenvalue weighted by Crippen LogP contribution is 2.20. The number of aromatic nitrogens is 2. The molecule has 0 saturated heterocycles. The van der Waals surface area contributed by atoms with E-state index in [1.54, 1.807) is 19.1 Å². The Hall–Kier alpha value is -3.22. The molecule has 0 aliphatic rings. The number of halogens is 1. The lowest BCUT2D eigenvalue weighted by molar-refractivity contribution is -0.122. The van der Waals surface area contributed by atoms with Gasteiger partial charge in [-0.05, 0) is 37.6 Å². The lowest BCUT2D eigenvalue weighted by Crippen LogP contribution is -2.30. The first-order valence-electron chi connectivity index (χ1n) is 7.65. The van der Waals surface area contributed by atoms with Crippen molar-refractivity contribution in [1.29, 1.82) is 0 Å². The molecule has 2 aromatic carbocycles. The van der Waals surface area contributed by atoms with Crippen LogP contribution in [0.2, 0.25) is 0 Å². The minimum absolute atomic E-state index is 0.101. The van der Waals surface area contributed by atoms with Gasteiger partial charge in [-0.3, -0.25) is 9.59 Å². The number of anilines is 1. The van der Waals surface area contributed by atoms with Gasteiger partial charge in [0, 0.05) is 6.07 Å². The van der Waals surface area contributed by atoms with Gasteiger partial charge in [0.2, 0.25) is 0 Å². The summed E-state index contributed by atoms with van der Waals surface area (Å²) in [6.07, 6.45) is 0.351. The van der Waals surface area contributed by atoms with E-state index in [9.17, 15) is 14.0 Å². The molecule has 3 aromatic rings. The van der Waals surface area contributed by atoms with Crippen molar-refractivity contribution in [1.82, 2.24) is 9.97 Å². The predicted octanol–water partition coefficient (Wildman–Crippen LogP) is 2.78. The lowest BCUT2D eigenvalue weighted by atomic mass is 10.2. The van der Waals surface area contributed by atoms with Crippen LogP contribution in [0.25, 0.3) is 10.9 Å². The summed E-state index contributed by atoms with van der Waals surface area (Å²) in [5, 5.41) is 2.63. The molecule has 1 heterocycles. The molecule has 0 aliphatic heterocycles. The van der Waals surface area contributed by atoms with Crippen molar-refractivity contribution in [2.45, 2.75) is 20.0 Å². The first-order chi connectivity index (χ1) is 11.9. The average Bonchev–Trinajstić information content (AvgIpc) is 2.56. The van der Waals surface area contributed by atoms with Crippen LogP contribution in [0.15, 0.2) is 47.5 Å². The zero-order valence-electron chi connectivity index (χ0n) is 13.7. The SMILES string of the molecule is Cc1cccc(OC(C)C(=O)Nc2cc3c(=O)[nH]cnc3cc2F)c1. The minimum Gasteiger partial charge on any atom is -0.481 e. The third kappa shape index (κ3) is 3.65. The maximum atomic E-state index is 14.1. The molecule has 3 rings (SSSR count). The van der Waals surface area contributed by atoms with Gasteiger partial charge in [-0.1, -0.05) is 12.1 Å². The van der Waals surface area contributed by atoms with Crippen LogP contribution < -0.4 is 15.6 Å². The largest absolute Gasteiger partial charge is 0.481 e. The summed E-state index contributed by atoms with van der Waals surface area (Å²) in [5.41, 5.74) is 0.695. The molecule has 128 valence electrons. The van der Waals surface area contributed by atoms with Crippen molar-refractivity contribution < 1.29 is 13.9 Å². The van der Waals surface area contributed by atoms with Crippen LogP contribution in [0.3, 0.4) is 0 Å². The van der Waals surface area contributed by atoms with E-state index in [0.717, 1.165) is 11.6 Å². The molecule has 0 aliphatic carbocycles. The molecular formula is C18H16FN3O3. The first-order valence-corrected chi connectivity index (χ1v) is 7.65. The molecule has 0 radical (unpaired) electrons. The number of amides is 1. The number of fused-ring (bicyclic) bond motifs is 1. The molecule has 0 bridgehead atoms. The molecule has 6 nitrogen and oxygen atoms in total. The number of carbonyl (C=O) groups is 1. The van der Waals surface area contributed by atoms with E-state index in [-0.39, 0.29) is 16.6 Å². The highest BCUT2D eigenvalue weighted by molar-refractivity contribution is 5.96. The number of hydrogen-bond donors (Lipinski definition) is 2. The molecule has 2 N–H and O–H groups in total. The van der Waals surface area contributed by atoms with Gasteiger partial charge >= 0.3 is 0 Å². The Morgan fingerprint density at radius 3 is 2.88 bits per heavy atom. The molecule has 1 unspecified atom stereocenters. The molecule has 0 spiro atoms.